The Bertz CT molecular complexity index is 485. The average molecular weight is 344 g/mol. The number of thioether (sulfide) groups is 2. The van der Waals surface area contributed by atoms with Gasteiger partial charge in [-0.3, -0.25) is 9.80 Å². The summed E-state index contributed by atoms with van der Waals surface area (Å²) in [6, 6.07) is -0.00754. The lowest BCUT2D eigenvalue weighted by molar-refractivity contribution is -0.141. The highest BCUT2D eigenvalue weighted by atomic mass is 32.2. The molecule has 0 saturated carbocycles. The summed E-state index contributed by atoms with van der Waals surface area (Å²) in [5, 5.41) is 6.10. The zero-order valence-electron chi connectivity index (χ0n) is 12.7. The van der Waals surface area contributed by atoms with Crippen molar-refractivity contribution in [3.05, 3.63) is 10.3 Å². The van der Waals surface area contributed by atoms with Crippen molar-refractivity contribution < 1.29 is 19.1 Å². The Morgan fingerprint density at radius 2 is 2.05 bits per heavy atom. The molecule has 122 valence electrons. The molecule has 0 aromatic carbocycles. The van der Waals surface area contributed by atoms with E-state index in [1.807, 2.05) is 23.5 Å². The molecule has 0 radical (unpaired) electrons. The third kappa shape index (κ3) is 4.67. The van der Waals surface area contributed by atoms with Gasteiger partial charge < -0.3 is 9.47 Å². The van der Waals surface area contributed by atoms with Crippen LogP contribution >= 0.6 is 23.5 Å². The van der Waals surface area contributed by atoms with E-state index in [1.165, 1.54) is 24.9 Å². The van der Waals surface area contributed by atoms with Crippen LogP contribution in [0.4, 0.5) is 0 Å². The standard InChI is InChI=1S/C14H20N2O4S2/c1-19-12(17)4-5-16-10(8-11(15-16)14(18)20-2)9-13-21-6-3-7-22-13/h9-10H,3-8H2,1-2H3. The molecule has 1 unspecified atom stereocenters. The van der Waals surface area contributed by atoms with Gasteiger partial charge in [0.05, 0.1) is 26.7 Å². The van der Waals surface area contributed by atoms with Crippen molar-refractivity contribution in [3.63, 3.8) is 0 Å². The summed E-state index contributed by atoms with van der Waals surface area (Å²) in [4.78, 5) is 23.0. The van der Waals surface area contributed by atoms with Crippen molar-refractivity contribution in [2.24, 2.45) is 5.10 Å². The lowest BCUT2D eigenvalue weighted by Gasteiger charge is -2.22. The summed E-state index contributed by atoms with van der Waals surface area (Å²) in [5.74, 6) is 1.55. The molecule has 22 heavy (non-hydrogen) atoms. The first kappa shape index (κ1) is 17.2. The molecule has 1 atom stereocenters. The fourth-order valence-electron chi connectivity index (χ4n) is 2.18. The Morgan fingerprint density at radius 1 is 1.32 bits per heavy atom. The van der Waals surface area contributed by atoms with Crippen LogP contribution in [0.25, 0.3) is 0 Å². The molecule has 1 fully saturated rings. The smallest absolute Gasteiger partial charge is 0.354 e. The summed E-state index contributed by atoms with van der Waals surface area (Å²) in [5.41, 5.74) is 0.403. The third-order valence-corrected chi connectivity index (χ3v) is 5.87. The van der Waals surface area contributed by atoms with Crippen LogP contribution in [-0.4, -0.2) is 61.0 Å². The van der Waals surface area contributed by atoms with Gasteiger partial charge in [-0.2, -0.15) is 5.10 Å². The molecule has 1 saturated heterocycles. The lowest BCUT2D eigenvalue weighted by atomic mass is 10.1. The minimum Gasteiger partial charge on any atom is -0.469 e. The minimum absolute atomic E-state index is 0.00754. The van der Waals surface area contributed by atoms with Crippen molar-refractivity contribution in [2.45, 2.75) is 25.3 Å². The number of ether oxygens (including phenoxy) is 2. The summed E-state index contributed by atoms with van der Waals surface area (Å²) < 4.78 is 10.7. The van der Waals surface area contributed by atoms with Gasteiger partial charge in [0, 0.05) is 17.2 Å². The van der Waals surface area contributed by atoms with Crippen LogP contribution in [0.1, 0.15) is 19.3 Å². The van der Waals surface area contributed by atoms with Crippen LogP contribution in [0.15, 0.2) is 15.4 Å². The summed E-state index contributed by atoms with van der Waals surface area (Å²) in [7, 11) is 2.71. The van der Waals surface area contributed by atoms with E-state index in [2.05, 4.69) is 15.9 Å². The van der Waals surface area contributed by atoms with Crippen molar-refractivity contribution in [2.75, 3.05) is 32.3 Å². The normalized spacial score (nSPS) is 21.4. The molecule has 2 heterocycles. The fraction of sp³-hybridized carbons (Fsp3) is 0.643. The molecule has 0 N–H and O–H groups in total. The van der Waals surface area contributed by atoms with E-state index in [9.17, 15) is 9.59 Å². The van der Waals surface area contributed by atoms with E-state index in [4.69, 9.17) is 4.74 Å². The zero-order chi connectivity index (χ0) is 15.9. The summed E-state index contributed by atoms with van der Waals surface area (Å²) in [6.45, 7) is 0.428. The van der Waals surface area contributed by atoms with Gasteiger partial charge >= 0.3 is 11.9 Å². The molecular weight excluding hydrogens is 324 g/mol. The number of nitrogens with zero attached hydrogens (tertiary/aromatic N) is 2. The van der Waals surface area contributed by atoms with E-state index in [0.29, 0.717) is 18.7 Å². The Kier molecular flexibility index (Phi) is 6.63. The van der Waals surface area contributed by atoms with Crippen molar-refractivity contribution in [1.82, 2.24) is 5.01 Å². The molecule has 2 aliphatic heterocycles. The molecule has 8 heteroatoms. The van der Waals surface area contributed by atoms with E-state index in [-0.39, 0.29) is 18.4 Å². The summed E-state index contributed by atoms with van der Waals surface area (Å²) in [6.07, 6.45) is 4.12. The highest BCUT2D eigenvalue weighted by molar-refractivity contribution is 8.22. The average Bonchev–Trinajstić information content (AvgIpc) is 2.95. The molecule has 0 spiro atoms. The van der Waals surface area contributed by atoms with Crippen LogP contribution < -0.4 is 0 Å². The van der Waals surface area contributed by atoms with Gasteiger partial charge in [0.2, 0.25) is 0 Å². The minimum atomic E-state index is -0.409. The quantitative estimate of drug-likeness (QED) is 0.705. The number of methoxy groups -OCH3 is 2. The van der Waals surface area contributed by atoms with Gasteiger partial charge in [0.15, 0.2) is 0 Å². The molecule has 0 bridgehead atoms. The second-order valence-corrected chi connectivity index (χ2v) is 7.37. The van der Waals surface area contributed by atoms with Gasteiger partial charge in [0.1, 0.15) is 5.71 Å². The zero-order valence-corrected chi connectivity index (χ0v) is 14.4. The summed E-state index contributed by atoms with van der Waals surface area (Å²) >= 11 is 3.67. The van der Waals surface area contributed by atoms with Gasteiger partial charge in [-0.15, -0.1) is 23.5 Å². The lowest BCUT2D eigenvalue weighted by Crippen LogP contribution is -2.28. The second-order valence-electron chi connectivity index (χ2n) is 4.84. The van der Waals surface area contributed by atoms with E-state index in [0.717, 1.165) is 11.5 Å². The maximum absolute atomic E-state index is 11.7. The van der Waals surface area contributed by atoms with Gasteiger partial charge in [-0.1, -0.05) is 0 Å². The first-order valence-corrected chi connectivity index (χ1v) is 9.08. The maximum Gasteiger partial charge on any atom is 0.354 e. The van der Waals surface area contributed by atoms with Gasteiger partial charge in [0.25, 0.3) is 0 Å². The number of hydrazone groups is 1. The van der Waals surface area contributed by atoms with Crippen molar-refractivity contribution >= 4 is 41.2 Å². The van der Waals surface area contributed by atoms with E-state index >= 15 is 0 Å². The van der Waals surface area contributed by atoms with E-state index < -0.39 is 5.97 Å². The Labute approximate surface area is 138 Å². The first-order valence-electron chi connectivity index (χ1n) is 7.10. The van der Waals surface area contributed by atoms with Crippen LogP contribution in [0.5, 0.6) is 0 Å². The molecule has 0 aromatic heterocycles. The van der Waals surface area contributed by atoms with Crippen molar-refractivity contribution in [3.8, 4) is 0 Å². The Morgan fingerprint density at radius 3 is 2.68 bits per heavy atom. The number of carbonyl (C=O) groups excluding carboxylic acids is 2. The molecule has 0 amide bonds. The molecule has 0 aliphatic carbocycles. The highest BCUT2D eigenvalue weighted by Gasteiger charge is 2.30. The van der Waals surface area contributed by atoms with Crippen molar-refractivity contribution in [1.29, 1.82) is 0 Å². The van der Waals surface area contributed by atoms with Crippen LogP contribution in [0, 0.1) is 0 Å². The van der Waals surface area contributed by atoms with Gasteiger partial charge in [-0.25, -0.2) is 4.79 Å². The Hall–Kier alpha value is -1.15. The first-order chi connectivity index (χ1) is 10.6. The molecule has 2 aliphatic rings. The van der Waals surface area contributed by atoms with E-state index in [1.54, 1.807) is 5.01 Å². The van der Waals surface area contributed by atoms with Crippen LogP contribution in [0.2, 0.25) is 0 Å². The predicted molar refractivity (Wildman–Crippen MR) is 88.8 cm³/mol. The van der Waals surface area contributed by atoms with Crippen LogP contribution in [-0.2, 0) is 19.1 Å². The second kappa shape index (κ2) is 8.47. The number of rotatable bonds is 5. The molecule has 2 rings (SSSR count). The SMILES string of the molecule is COC(=O)CCN1N=C(C(=O)OC)CC1C=C1SCCCS1. The third-order valence-electron chi connectivity index (χ3n) is 3.33. The number of hydrogen-bond acceptors (Lipinski definition) is 8. The molecular formula is C14H20N2O4S2. The number of carbonyl (C=O) groups is 2. The monoisotopic (exact) mass is 344 g/mol. The number of hydrogen-bond donors (Lipinski definition) is 0. The molecule has 6 nitrogen and oxygen atoms in total. The topological polar surface area (TPSA) is 68.2 Å². The Balaban J connectivity index is 2.05. The van der Waals surface area contributed by atoms with Crippen LogP contribution in [0.3, 0.4) is 0 Å². The fourth-order valence-corrected chi connectivity index (χ4v) is 4.69. The maximum atomic E-state index is 11.7. The predicted octanol–water partition coefficient (Wildman–Crippen LogP) is 1.86. The van der Waals surface area contributed by atoms with Gasteiger partial charge in [-0.05, 0) is 24.0 Å². The largest absolute Gasteiger partial charge is 0.469 e. The molecule has 0 aromatic rings. The highest BCUT2D eigenvalue weighted by Crippen LogP contribution is 2.36. The number of esters is 2.